The molecule has 1 aromatic carbocycles. The molecule has 31 heavy (non-hydrogen) atoms. The molecule has 1 aromatic rings. The normalized spacial score (nSPS) is 26.0. The third-order valence-electron chi connectivity index (χ3n) is 6.87. The van der Waals surface area contributed by atoms with Crippen molar-refractivity contribution in [2.45, 2.75) is 57.3 Å². The highest BCUT2D eigenvalue weighted by Gasteiger charge is 2.61. The van der Waals surface area contributed by atoms with Gasteiger partial charge in [-0.1, -0.05) is 48.9 Å². The van der Waals surface area contributed by atoms with Crippen LogP contribution in [-0.2, 0) is 4.79 Å². The molecule has 3 nitrogen and oxygen atoms in total. The van der Waals surface area contributed by atoms with Crippen molar-refractivity contribution < 1.29 is 26.7 Å². The number of rotatable bonds is 7. The Bertz CT molecular complexity index is 824. The molecule has 2 atom stereocenters. The molecule has 170 valence electrons. The number of hydrogen-bond donors (Lipinski definition) is 0. The molecular weight excluding hydrogens is 415 g/mol. The van der Waals surface area contributed by atoms with Crippen molar-refractivity contribution in [3.8, 4) is 0 Å². The Labute approximate surface area is 178 Å². The third kappa shape index (κ3) is 4.64. The van der Waals surface area contributed by atoms with Gasteiger partial charge in [-0.25, -0.2) is 8.78 Å². The molecule has 2 aliphatic carbocycles. The van der Waals surface area contributed by atoms with Crippen molar-refractivity contribution in [3.63, 3.8) is 0 Å². The highest BCUT2D eigenvalue weighted by atomic mass is 19.4. The summed E-state index contributed by atoms with van der Waals surface area (Å²) in [6.45, 7) is 2.63. The van der Waals surface area contributed by atoms with Gasteiger partial charge in [-0.2, -0.15) is 13.2 Å². The maximum absolute atomic E-state index is 13.4. The molecule has 1 spiro atoms. The van der Waals surface area contributed by atoms with Crippen LogP contribution in [0.2, 0.25) is 0 Å². The van der Waals surface area contributed by atoms with Crippen molar-refractivity contribution in [1.82, 2.24) is 9.80 Å². The fourth-order valence-electron chi connectivity index (χ4n) is 5.48. The number of amides is 1. The van der Waals surface area contributed by atoms with E-state index in [1.165, 1.54) is 0 Å². The Kier molecular flexibility index (Phi) is 5.87. The summed E-state index contributed by atoms with van der Waals surface area (Å²) in [6.07, 6.45) is -3.14. The zero-order valence-corrected chi connectivity index (χ0v) is 17.4. The molecule has 3 aliphatic rings. The van der Waals surface area contributed by atoms with Crippen molar-refractivity contribution in [3.05, 3.63) is 41.5 Å². The molecule has 0 bridgehead atoms. The number of benzene rings is 1. The van der Waals surface area contributed by atoms with Gasteiger partial charge in [0.1, 0.15) is 0 Å². The first-order valence-electron chi connectivity index (χ1n) is 10.8. The summed E-state index contributed by atoms with van der Waals surface area (Å²) in [4.78, 5) is 15.0. The maximum Gasteiger partial charge on any atom is 0.471 e. The average Bonchev–Trinajstić information content (AvgIpc) is 3.42. The van der Waals surface area contributed by atoms with Crippen LogP contribution in [0, 0.1) is 11.3 Å². The van der Waals surface area contributed by atoms with Crippen LogP contribution in [0.1, 0.15) is 38.2 Å². The SMILES string of the molecule is CC/C(=C\c1ccccc1)[C@@H]1C[C@H]1N(C(=O)C(F)(F)F)C1CC2(C1)CN(CC(F)F)C2. The van der Waals surface area contributed by atoms with Crippen LogP contribution in [0.25, 0.3) is 6.08 Å². The predicted molar refractivity (Wildman–Crippen MR) is 107 cm³/mol. The average molecular weight is 442 g/mol. The molecule has 4 rings (SSSR count). The maximum atomic E-state index is 13.4. The number of halogens is 5. The number of carbonyl (C=O) groups is 1. The molecule has 1 amide bonds. The van der Waals surface area contributed by atoms with Gasteiger partial charge < -0.3 is 4.90 Å². The number of likely N-dealkylation sites (tertiary alicyclic amines) is 1. The molecule has 3 fully saturated rings. The van der Waals surface area contributed by atoms with Crippen LogP contribution in [-0.4, -0.2) is 60.0 Å². The van der Waals surface area contributed by atoms with Crippen molar-refractivity contribution in [1.29, 1.82) is 0 Å². The second-order valence-corrected chi connectivity index (χ2v) is 9.23. The Morgan fingerprint density at radius 2 is 1.87 bits per heavy atom. The first-order valence-corrected chi connectivity index (χ1v) is 10.8. The predicted octanol–water partition coefficient (Wildman–Crippen LogP) is 4.99. The fourth-order valence-corrected chi connectivity index (χ4v) is 5.48. The molecule has 0 aromatic heterocycles. The summed E-state index contributed by atoms with van der Waals surface area (Å²) in [7, 11) is 0. The lowest BCUT2D eigenvalue weighted by molar-refractivity contribution is -0.198. The van der Waals surface area contributed by atoms with E-state index in [0.29, 0.717) is 38.8 Å². The van der Waals surface area contributed by atoms with Crippen molar-refractivity contribution in [2.75, 3.05) is 19.6 Å². The molecule has 1 aliphatic heterocycles. The summed E-state index contributed by atoms with van der Waals surface area (Å²) >= 11 is 0. The summed E-state index contributed by atoms with van der Waals surface area (Å²) < 4.78 is 65.1. The number of carbonyl (C=O) groups excluding carboxylic acids is 1. The lowest BCUT2D eigenvalue weighted by atomic mass is 9.60. The summed E-state index contributed by atoms with van der Waals surface area (Å²) in [5.74, 6) is -1.83. The van der Waals surface area contributed by atoms with Crippen LogP contribution in [0.3, 0.4) is 0 Å². The summed E-state index contributed by atoms with van der Waals surface area (Å²) in [5, 5.41) is 0. The monoisotopic (exact) mass is 442 g/mol. The first kappa shape index (κ1) is 22.2. The van der Waals surface area contributed by atoms with E-state index in [2.05, 4.69) is 0 Å². The molecule has 1 heterocycles. The van der Waals surface area contributed by atoms with E-state index in [4.69, 9.17) is 0 Å². The lowest BCUT2D eigenvalue weighted by Crippen LogP contribution is -2.68. The minimum Gasteiger partial charge on any atom is -0.328 e. The second kappa shape index (κ2) is 8.19. The Balaban J connectivity index is 1.44. The van der Waals surface area contributed by atoms with E-state index in [1.807, 2.05) is 43.3 Å². The Morgan fingerprint density at radius 1 is 1.23 bits per heavy atom. The Morgan fingerprint density at radius 3 is 2.42 bits per heavy atom. The smallest absolute Gasteiger partial charge is 0.328 e. The van der Waals surface area contributed by atoms with Gasteiger partial charge in [-0.3, -0.25) is 9.69 Å². The van der Waals surface area contributed by atoms with Gasteiger partial charge in [0.15, 0.2) is 0 Å². The van der Waals surface area contributed by atoms with Crippen molar-refractivity contribution >= 4 is 12.0 Å². The van der Waals surface area contributed by atoms with Crippen LogP contribution in [0.15, 0.2) is 35.9 Å². The van der Waals surface area contributed by atoms with E-state index in [0.717, 1.165) is 16.0 Å². The molecule has 0 unspecified atom stereocenters. The minimum atomic E-state index is -4.91. The summed E-state index contributed by atoms with van der Waals surface area (Å²) in [5.41, 5.74) is 1.84. The van der Waals surface area contributed by atoms with Gasteiger partial charge in [0, 0.05) is 31.1 Å². The summed E-state index contributed by atoms with van der Waals surface area (Å²) in [6, 6.07) is 8.71. The zero-order chi connectivity index (χ0) is 22.4. The second-order valence-electron chi connectivity index (χ2n) is 9.23. The molecule has 0 N–H and O–H groups in total. The van der Waals surface area contributed by atoms with E-state index < -0.39 is 30.6 Å². The van der Waals surface area contributed by atoms with E-state index in [1.54, 1.807) is 4.90 Å². The van der Waals surface area contributed by atoms with E-state index in [9.17, 15) is 26.7 Å². The zero-order valence-electron chi connectivity index (χ0n) is 17.4. The molecule has 1 saturated heterocycles. The van der Waals surface area contributed by atoms with Crippen LogP contribution >= 0.6 is 0 Å². The van der Waals surface area contributed by atoms with Crippen LogP contribution in [0.4, 0.5) is 22.0 Å². The van der Waals surface area contributed by atoms with E-state index in [-0.39, 0.29) is 17.9 Å². The van der Waals surface area contributed by atoms with Crippen molar-refractivity contribution in [2.24, 2.45) is 11.3 Å². The van der Waals surface area contributed by atoms with Gasteiger partial charge in [0.05, 0.1) is 6.54 Å². The molecule has 2 saturated carbocycles. The number of hydrogen-bond acceptors (Lipinski definition) is 2. The highest BCUT2D eigenvalue weighted by molar-refractivity contribution is 5.83. The topological polar surface area (TPSA) is 23.6 Å². The van der Waals surface area contributed by atoms with Gasteiger partial charge >= 0.3 is 12.1 Å². The number of alkyl halides is 5. The lowest BCUT2D eigenvalue weighted by Gasteiger charge is -2.61. The molecular formula is C23H27F5N2O. The fraction of sp³-hybridized carbons (Fsp3) is 0.609. The van der Waals surface area contributed by atoms with Crippen LogP contribution < -0.4 is 0 Å². The minimum absolute atomic E-state index is 0.0650. The van der Waals surface area contributed by atoms with Gasteiger partial charge in [-0.15, -0.1) is 0 Å². The standard InChI is InChI=1S/C23H27F5N2O/c1-2-16(8-15-6-4-3-5-7-15)18-9-19(18)30(21(31)23(26,27)28)17-10-22(11-17)13-29(14-22)12-20(24)25/h3-8,17-20H,2,9-14H2,1H3/b16-8+/t18-,19+/m0/s1. The highest BCUT2D eigenvalue weighted by Crippen LogP contribution is 2.54. The first-order chi connectivity index (χ1) is 14.6. The quantitative estimate of drug-likeness (QED) is 0.556. The van der Waals surface area contributed by atoms with Gasteiger partial charge in [0.25, 0.3) is 6.43 Å². The molecule has 8 heteroatoms. The third-order valence-corrected chi connectivity index (χ3v) is 6.87. The largest absolute Gasteiger partial charge is 0.471 e. The Hall–Kier alpha value is -1.96. The van der Waals surface area contributed by atoms with Gasteiger partial charge in [-0.05, 0) is 36.7 Å². The van der Waals surface area contributed by atoms with Crippen LogP contribution in [0.5, 0.6) is 0 Å². The number of nitrogens with zero attached hydrogens (tertiary/aromatic N) is 2. The molecule has 0 radical (unpaired) electrons. The van der Waals surface area contributed by atoms with E-state index >= 15 is 0 Å². The van der Waals surface area contributed by atoms with Gasteiger partial charge in [0.2, 0.25) is 0 Å².